The van der Waals surface area contributed by atoms with Gasteiger partial charge in [-0.25, -0.2) is 4.98 Å². The fraction of sp³-hybridized carbons (Fsp3) is 0.300. The molecule has 0 fully saturated rings. The highest BCUT2D eigenvalue weighted by molar-refractivity contribution is 5.40. The van der Waals surface area contributed by atoms with Gasteiger partial charge in [-0.15, -0.1) is 0 Å². The molecule has 0 unspecified atom stereocenters. The second-order valence-electron chi connectivity index (χ2n) is 3.23. The molecule has 0 saturated carbocycles. The first-order valence-electron chi connectivity index (χ1n) is 4.61. The van der Waals surface area contributed by atoms with Crippen molar-refractivity contribution in [3.63, 3.8) is 0 Å². The molecular weight excluding hydrogens is 178 g/mol. The lowest BCUT2D eigenvalue weighted by Crippen LogP contribution is -2.13. The highest BCUT2D eigenvalue weighted by Crippen LogP contribution is 2.15. The third kappa shape index (κ3) is 1.49. The molecule has 2 aromatic rings. The minimum Gasteiger partial charge on any atom is -0.396 e. The van der Waals surface area contributed by atoms with Crippen LogP contribution in [0.2, 0.25) is 0 Å². The van der Waals surface area contributed by atoms with Crippen LogP contribution in [-0.2, 0) is 0 Å². The van der Waals surface area contributed by atoms with Crippen molar-refractivity contribution in [2.24, 2.45) is 5.73 Å². The van der Waals surface area contributed by atoms with Crippen LogP contribution in [0.5, 0.6) is 0 Å². The van der Waals surface area contributed by atoms with E-state index in [0.717, 1.165) is 11.3 Å². The first-order chi connectivity index (χ1) is 6.83. The van der Waals surface area contributed by atoms with Crippen LogP contribution in [0.25, 0.3) is 5.65 Å². The molecule has 3 N–H and O–H groups in total. The first kappa shape index (κ1) is 9.18. The average Bonchev–Trinajstić information content (AvgIpc) is 2.61. The molecule has 4 nitrogen and oxygen atoms in total. The first-order valence-corrected chi connectivity index (χ1v) is 4.61. The molecule has 0 amide bonds. The minimum atomic E-state index is -0.155. The van der Waals surface area contributed by atoms with Crippen LogP contribution in [0.4, 0.5) is 0 Å². The Hall–Kier alpha value is -1.39. The maximum atomic E-state index is 8.80. The monoisotopic (exact) mass is 191 g/mol. The molecule has 2 rings (SSSR count). The predicted molar refractivity (Wildman–Crippen MR) is 53.8 cm³/mol. The summed E-state index contributed by atoms with van der Waals surface area (Å²) in [5, 5.41) is 8.80. The van der Waals surface area contributed by atoms with E-state index in [-0.39, 0.29) is 12.6 Å². The van der Waals surface area contributed by atoms with Gasteiger partial charge in [0, 0.05) is 18.8 Å². The number of aliphatic hydroxyl groups is 1. The van der Waals surface area contributed by atoms with Crippen LogP contribution in [0.3, 0.4) is 0 Å². The highest BCUT2D eigenvalue weighted by Gasteiger charge is 2.10. The number of rotatable bonds is 3. The molecule has 0 aromatic carbocycles. The summed E-state index contributed by atoms with van der Waals surface area (Å²) in [6, 6.07) is 5.64. The van der Waals surface area contributed by atoms with Gasteiger partial charge < -0.3 is 15.2 Å². The quantitative estimate of drug-likeness (QED) is 0.751. The van der Waals surface area contributed by atoms with E-state index in [0.29, 0.717) is 6.42 Å². The van der Waals surface area contributed by atoms with E-state index >= 15 is 0 Å². The average molecular weight is 191 g/mol. The summed E-state index contributed by atoms with van der Waals surface area (Å²) in [5.74, 6) is 0. The molecule has 0 spiro atoms. The normalized spacial score (nSPS) is 13.3. The van der Waals surface area contributed by atoms with E-state index in [1.807, 2.05) is 28.8 Å². The Morgan fingerprint density at radius 1 is 1.50 bits per heavy atom. The van der Waals surface area contributed by atoms with Crippen molar-refractivity contribution in [1.29, 1.82) is 0 Å². The van der Waals surface area contributed by atoms with Crippen LogP contribution in [-0.4, -0.2) is 21.1 Å². The van der Waals surface area contributed by atoms with Gasteiger partial charge in [-0.2, -0.15) is 0 Å². The Balaban J connectivity index is 2.42. The zero-order valence-corrected chi connectivity index (χ0v) is 7.80. The second-order valence-corrected chi connectivity index (χ2v) is 3.23. The van der Waals surface area contributed by atoms with Gasteiger partial charge in [0.05, 0.1) is 11.9 Å². The van der Waals surface area contributed by atoms with Crippen LogP contribution in [0, 0.1) is 0 Å². The Morgan fingerprint density at radius 3 is 3.14 bits per heavy atom. The largest absolute Gasteiger partial charge is 0.396 e. The number of aliphatic hydroxyl groups excluding tert-OH is 1. The topological polar surface area (TPSA) is 63.5 Å². The molecule has 0 bridgehead atoms. The number of fused-ring (bicyclic) bond motifs is 1. The fourth-order valence-electron chi connectivity index (χ4n) is 1.51. The Kier molecular flexibility index (Phi) is 2.47. The van der Waals surface area contributed by atoms with Crippen molar-refractivity contribution in [2.45, 2.75) is 12.5 Å². The Morgan fingerprint density at radius 2 is 2.36 bits per heavy atom. The summed E-state index contributed by atoms with van der Waals surface area (Å²) in [4.78, 5) is 4.22. The molecule has 0 aliphatic rings. The second kappa shape index (κ2) is 3.77. The molecular formula is C10H13N3O. The molecule has 14 heavy (non-hydrogen) atoms. The third-order valence-corrected chi connectivity index (χ3v) is 2.27. The van der Waals surface area contributed by atoms with Gasteiger partial charge in [0.1, 0.15) is 5.65 Å². The lowest BCUT2D eigenvalue weighted by molar-refractivity contribution is 0.275. The lowest BCUT2D eigenvalue weighted by atomic mass is 10.2. The van der Waals surface area contributed by atoms with Crippen LogP contribution in [0.15, 0.2) is 30.6 Å². The number of aromatic nitrogens is 2. The van der Waals surface area contributed by atoms with E-state index in [1.165, 1.54) is 0 Å². The zero-order valence-electron chi connectivity index (χ0n) is 7.80. The summed E-state index contributed by atoms with van der Waals surface area (Å²) in [7, 11) is 0. The van der Waals surface area contributed by atoms with E-state index < -0.39 is 0 Å². The summed E-state index contributed by atoms with van der Waals surface area (Å²) >= 11 is 0. The molecule has 1 atom stereocenters. The lowest BCUT2D eigenvalue weighted by Gasteiger charge is -2.08. The minimum absolute atomic E-state index is 0.0984. The van der Waals surface area contributed by atoms with Gasteiger partial charge in [0.15, 0.2) is 0 Å². The Bertz CT molecular complexity index is 424. The maximum Gasteiger partial charge on any atom is 0.136 e. The van der Waals surface area contributed by atoms with Crippen LogP contribution < -0.4 is 5.73 Å². The molecule has 0 aliphatic carbocycles. The van der Waals surface area contributed by atoms with Crippen molar-refractivity contribution >= 4 is 5.65 Å². The van der Waals surface area contributed by atoms with Gasteiger partial charge in [-0.1, -0.05) is 6.07 Å². The van der Waals surface area contributed by atoms with Gasteiger partial charge >= 0.3 is 0 Å². The van der Waals surface area contributed by atoms with Gasteiger partial charge in [0.25, 0.3) is 0 Å². The number of nitrogens with two attached hydrogens (primary N) is 1. The van der Waals surface area contributed by atoms with Gasteiger partial charge in [-0.3, -0.25) is 0 Å². The molecule has 0 aliphatic heterocycles. The Labute approximate surface area is 82.0 Å². The van der Waals surface area contributed by atoms with Crippen LogP contribution >= 0.6 is 0 Å². The third-order valence-electron chi connectivity index (χ3n) is 2.27. The standard InChI is InChI=1S/C10H13N3O/c11-8(4-6-14)9-7-12-10-3-1-2-5-13(9)10/h1-3,5,7-8,14H,4,6,11H2/t8-/m0/s1. The van der Waals surface area contributed by atoms with Gasteiger partial charge in [0.2, 0.25) is 0 Å². The molecule has 2 heterocycles. The summed E-state index contributed by atoms with van der Waals surface area (Å²) in [5.41, 5.74) is 7.72. The van der Waals surface area contributed by atoms with Crippen molar-refractivity contribution in [3.8, 4) is 0 Å². The zero-order chi connectivity index (χ0) is 9.97. The molecule has 2 aromatic heterocycles. The smallest absolute Gasteiger partial charge is 0.136 e. The maximum absolute atomic E-state index is 8.80. The number of nitrogens with zero attached hydrogens (tertiary/aromatic N) is 2. The molecule has 74 valence electrons. The van der Waals surface area contributed by atoms with E-state index in [9.17, 15) is 0 Å². The molecule has 0 radical (unpaired) electrons. The molecule has 0 saturated heterocycles. The highest BCUT2D eigenvalue weighted by atomic mass is 16.3. The van der Waals surface area contributed by atoms with Crippen LogP contribution in [0.1, 0.15) is 18.2 Å². The molecule has 4 heteroatoms. The fourth-order valence-corrected chi connectivity index (χ4v) is 1.51. The van der Waals surface area contributed by atoms with Crippen molar-refractivity contribution < 1.29 is 5.11 Å². The van der Waals surface area contributed by atoms with Gasteiger partial charge in [-0.05, 0) is 18.6 Å². The van der Waals surface area contributed by atoms with Crippen molar-refractivity contribution in [2.75, 3.05) is 6.61 Å². The van der Waals surface area contributed by atoms with E-state index in [2.05, 4.69) is 4.98 Å². The van der Waals surface area contributed by atoms with E-state index in [1.54, 1.807) is 6.20 Å². The summed E-state index contributed by atoms with van der Waals surface area (Å²) in [6.07, 6.45) is 4.24. The summed E-state index contributed by atoms with van der Waals surface area (Å²) < 4.78 is 1.94. The predicted octanol–water partition coefficient (Wildman–Crippen LogP) is 0.717. The number of imidazole rings is 1. The number of pyridine rings is 1. The van der Waals surface area contributed by atoms with Crippen molar-refractivity contribution in [1.82, 2.24) is 9.38 Å². The van der Waals surface area contributed by atoms with E-state index in [4.69, 9.17) is 10.8 Å². The summed E-state index contributed by atoms with van der Waals surface area (Å²) in [6.45, 7) is 0.0984. The van der Waals surface area contributed by atoms with Crippen molar-refractivity contribution in [3.05, 3.63) is 36.3 Å². The number of hydrogen-bond donors (Lipinski definition) is 2. The SMILES string of the molecule is N[C@@H](CCO)c1cnc2ccccn12. The number of hydrogen-bond acceptors (Lipinski definition) is 3.